The van der Waals surface area contributed by atoms with E-state index in [1.807, 2.05) is 35.1 Å². The number of fused-ring (bicyclic) bond motifs is 1. The molecule has 2 heterocycles. The van der Waals surface area contributed by atoms with Crippen LogP contribution in [0, 0.1) is 6.92 Å². The van der Waals surface area contributed by atoms with E-state index in [1.165, 1.54) is 21.8 Å². The van der Waals surface area contributed by atoms with Gasteiger partial charge in [-0.05, 0) is 55.5 Å². The Hall–Kier alpha value is -2.84. The minimum Gasteiger partial charge on any atom is -0.497 e. The molecule has 8 heteroatoms. The molecule has 166 valence electrons. The molecule has 0 atom stereocenters. The van der Waals surface area contributed by atoms with Gasteiger partial charge in [-0.2, -0.15) is 5.10 Å². The molecule has 0 aliphatic carbocycles. The predicted molar refractivity (Wildman–Crippen MR) is 132 cm³/mol. The summed E-state index contributed by atoms with van der Waals surface area (Å²) in [4.78, 5) is 21.0. The van der Waals surface area contributed by atoms with Crippen LogP contribution in [0.4, 0.5) is 5.13 Å². The van der Waals surface area contributed by atoms with Crippen LogP contribution in [0.15, 0.2) is 65.8 Å². The largest absolute Gasteiger partial charge is 0.497 e. The first-order valence-electron chi connectivity index (χ1n) is 10.5. The number of aryl methyl sites for hydroxylation is 1. The number of thioether (sulfide) groups is 1. The van der Waals surface area contributed by atoms with E-state index in [0.717, 1.165) is 33.3 Å². The lowest BCUT2D eigenvalue weighted by Crippen LogP contribution is -2.34. The summed E-state index contributed by atoms with van der Waals surface area (Å²) in [5.41, 5.74) is 2.13. The van der Waals surface area contributed by atoms with Gasteiger partial charge in [0.2, 0.25) is 5.91 Å². The van der Waals surface area contributed by atoms with Crippen LogP contribution in [-0.2, 0) is 11.3 Å². The van der Waals surface area contributed by atoms with Crippen molar-refractivity contribution in [3.05, 3.63) is 66.5 Å². The third-order valence-electron chi connectivity index (χ3n) is 5.05. The van der Waals surface area contributed by atoms with E-state index in [1.54, 1.807) is 30.0 Å². The van der Waals surface area contributed by atoms with Crippen LogP contribution < -0.4 is 9.64 Å². The number of hydrogen-bond donors (Lipinski definition) is 0. The Labute approximate surface area is 196 Å². The van der Waals surface area contributed by atoms with Crippen molar-refractivity contribution in [1.82, 2.24) is 14.8 Å². The molecule has 0 saturated heterocycles. The van der Waals surface area contributed by atoms with E-state index in [4.69, 9.17) is 9.72 Å². The van der Waals surface area contributed by atoms with Crippen molar-refractivity contribution in [2.45, 2.75) is 31.2 Å². The number of anilines is 1. The molecule has 2 aromatic heterocycles. The first kappa shape index (κ1) is 22.4. The maximum atomic E-state index is 13.2. The summed E-state index contributed by atoms with van der Waals surface area (Å²) >= 11 is 3.30. The molecule has 0 aliphatic heterocycles. The zero-order valence-electron chi connectivity index (χ0n) is 18.2. The topological polar surface area (TPSA) is 60.2 Å². The summed E-state index contributed by atoms with van der Waals surface area (Å²) in [5.74, 6) is 1.78. The van der Waals surface area contributed by atoms with Crippen LogP contribution in [0.3, 0.4) is 0 Å². The maximum absolute atomic E-state index is 13.2. The zero-order chi connectivity index (χ0) is 22.3. The molecule has 0 radical (unpaired) electrons. The number of aromatic nitrogens is 3. The third kappa shape index (κ3) is 5.69. The van der Waals surface area contributed by atoms with Crippen molar-refractivity contribution in [3.8, 4) is 5.75 Å². The van der Waals surface area contributed by atoms with Gasteiger partial charge in [0, 0.05) is 30.3 Å². The minimum atomic E-state index is 0.0904. The van der Waals surface area contributed by atoms with E-state index < -0.39 is 0 Å². The summed E-state index contributed by atoms with van der Waals surface area (Å²) in [6, 6.07) is 16.2. The van der Waals surface area contributed by atoms with Crippen LogP contribution in [0.25, 0.3) is 10.2 Å². The van der Waals surface area contributed by atoms with Gasteiger partial charge < -0.3 is 4.74 Å². The van der Waals surface area contributed by atoms with Crippen LogP contribution >= 0.6 is 23.1 Å². The molecular formula is C24H26N4O2S2. The molecule has 0 fully saturated rings. The third-order valence-corrected chi connectivity index (χ3v) is 7.19. The van der Waals surface area contributed by atoms with Gasteiger partial charge in [-0.1, -0.05) is 29.0 Å². The highest BCUT2D eigenvalue weighted by molar-refractivity contribution is 7.99. The van der Waals surface area contributed by atoms with Crippen molar-refractivity contribution >= 4 is 44.4 Å². The van der Waals surface area contributed by atoms with Crippen molar-refractivity contribution in [3.63, 3.8) is 0 Å². The summed E-state index contributed by atoms with van der Waals surface area (Å²) in [5, 5.41) is 4.98. The van der Waals surface area contributed by atoms with E-state index in [-0.39, 0.29) is 5.91 Å². The molecule has 1 amide bonds. The number of benzene rings is 2. The molecule has 0 spiro atoms. The lowest BCUT2D eigenvalue weighted by atomic mass is 10.2. The highest BCUT2D eigenvalue weighted by Gasteiger charge is 2.20. The molecule has 6 nitrogen and oxygen atoms in total. The summed E-state index contributed by atoms with van der Waals surface area (Å²) in [6.45, 7) is 3.24. The molecule has 32 heavy (non-hydrogen) atoms. The van der Waals surface area contributed by atoms with E-state index in [2.05, 4.69) is 36.3 Å². The average Bonchev–Trinajstić information content (AvgIpc) is 3.47. The van der Waals surface area contributed by atoms with Gasteiger partial charge in [-0.25, -0.2) is 4.98 Å². The van der Waals surface area contributed by atoms with Gasteiger partial charge in [-0.15, -0.1) is 11.8 Å². The fourth-order valence-electron chi connectivity index (χ4n) is 3.28. The first-order chi connectivity index (χ1) is 15.6. The number of ether oxygens (including phenoxy) is 1. The molecular weight excluding hydrogens is 440 g/mol. The molecule has 0 saturated carbocycles. The lowest BCUT2D eigenvalue weighted by molar-refractivity contribution is -0.118. The number of rotatable bonds is 10. The molecule has 2 aromatic carbocycles. The van der Waals surface area contributed by atoms with E-state index in [9.17, 15) is 4.79 Å². The number of carbonyl (C=O) groups is 1. The Balaban J connectivity index is 1.43. The standard InChI is InChI=1S/C24H26N4O2S2/c1-18-6-9-20(10-7-18)31-16-3-5-23(29)28(15-14-27-13-4-12-25-27)24-26-21-11-8-19(30-2)17-22(21)32-24/h4,6-13,17H,3,5,14-16H2,1-2H3. The van der Waals surface area contributed by atoms with Gasteiger partial charge >= 0.3 is 0 Å². The second-order valence-electron chi connectivity index (χ2n) is 7.41. The smallest absolute Gasteiger partial charge is 0.228 e. The van der Waals surface area contributed by atoms with Crippen LogP contribution in [0.1, 0.15) is 18.4 Å². The quantitative estimate of drug-likeness (QED) is 0.231. The summed E-state index contributed by atoms with van der Waals surface area (Å²) < 4.78 is 8.17. The number of amides is 1. The Kier molecular flexibility index (Phi) is 7.44. The first-order valence-corrected chi connectivity index (χ1v) is 12.3. The predicted octanol–water partition coefficient (Wildman–Crippen LogP) is 5.42. The fourth-order valence-corrected chi connectivity index (χ4v) is 5.17. The van der Waals surface area contributed by atoms with Gasteiger partial charge in [-0.3, -0.25) is 14.4 Å². The number of hydrogen-bond acceptors (Lipinski definition) is 6. The molecule has 4 aromatic rings. The Bertz CT molecular complexity index is 1160. The number of nitrogens with zero attached hydrogens (tertiary/aromatic N) is 4. The highest BCUT2D eigenvalue weighted by Crippen LogP contribution is 2.32. The zero-order valence-corrected chi connectivity index (χ0v) is 19.9. The molecule has 0 bridgehead atoms. The van der Waals surface area contributed by atoms with Crippen molar-refractivity contribution in [2.75, 3.05) is 24.3 Å². The monoisotopic (exact) mass is 466 g/mol. The second-order valence-corrected chi connectivity index (χ2v) is 9.59. The summed E-state index contributed by atoms with van der Waals surface area (Å²) in [6.07, 6.45) is 4.95. The van der Waals surface area contributed by atoms with Crippen LogP contribution in [-0.4, -0.2) is 40.1 Å². The van der Waals surface area contributed by atoms with Gasteiger partial charge in [0.05, 0.1) is 23.9 Å². The highest BCUT2D eigenvalue weighted by atomic mass is 32.2. The Morgan fingerprint density at radius 2 is 2.06 bits per heavy atom. The second kappa shape index (κ2) is 10.7. The van der Waals surface area contributed by atoms with Crippen molar-refractivity contribution in [1.29, 1.82) is 0 Å². The van der Waals surface area contributed by atoms with Gasteiger partial charge in [0.15, 0.2) is 5.13 Å². The summed E-state index contributed by atoms with van der Waals surface area (Å²) in [7, 11) is 1.65. The minimum absolute atomic E-state index is 0.0904. The SMILES string of the molecule is COc1ccc2nc(N(CCn3cccn3)C(=O)CCCSc3ccc(C)cc3)sc2c1. The number of carbonyl (C=O) groups excluding carboxylic acids is 1. The Morgan fingerprint density at radius 1 is 1.22 bits per heavy atom. The van der Waals surface area contributed by atoms with E-state index >= 15 is 0 Å². The van der Waals surface area contributed by atoms with Crippen LogP contribution in [0.2, 0.25) is 0 Å². The molecule has 0 aliphatic rings. The lowest BCUT2D eigenvalue weighted by Gasteiger charge is -2.20. The maximum Gasteiger partial charge on any atom is 0.228 e. The molecule has 0 N–H and O–H groups in total. The Morgan fingerprint density at radius 3 is 2.81 bits per heavy atom. The van der Waals surface area contributed by atoms with Gasteiger partial charge in [0.1, 0.15) is 5.75 Å². The molecule has 0 unspecified atom stereocenters. The normalized spacial score (nSPS) is 11.1. The van der Waals surface area contributed by atoms with Gasteiger partial charge in [0.25, 0.3) is 0 Å². The van der Waals surface area contributed by atoms with E-state index in [0.29, 0.717) is 19.5 Å². The van der Waals surface area contributed by atoms with Crippen LogP contribution in [0.5, 0.6) is 5.75 Å². The number of methoxy groups -OCH3 is 1. The number of thiazole rings is 1. The fraction of sp³-hybridized carbons (Fsp3) is 0.292. The van der Waals surface area contributed by atoms with Crippen molar-refractivity contribution < 1.29 is 9.53 Å². The average molecular weight is 467 g/mol. The molecule has 4 rings (SSSR count). The van der Waals surface area contributed by atoms with Crippen molar-refractivity contribution in [2.24, 2.45) is 0 Å².